The van der Waals surface area contributed by atoms with Crippen LogP contribution >= 0.6 is 11.8 Å². The van der Waals surface area contributed by atoms with Gasteiger partial charge in [-0.3, -0.25) is 0 Å². The van der Waals surface area contributed by atoms with E-state index in [-0.39, 0.29) is 10.5 Å². The summed E-state index contributed by atoms with van der Waals surface area (Å²) < 4.78 is 34.7. The molecular weight excluding hydrogens is 458 g/mol. The summed E-state index contributed by atoms with van der Waals surface area (Å²) in [6.07, 6.45) is 0. The highest BCUT2D eigenvalue weighted by atomic mass is 32.2. The molecule has 2 aromatic carbocycles. The number of aryl methyl sites for hydroxylation is 2. The van der Waals surface area contributed by atoms with E-state index in [4.69, 9.17) is 9.40 Å². The van der Waals surface area contributed by atoms with Crippen LogP contribution in [0, 0.1) is 6.92 Å². The number of imidazole rings is 1. The second kappa shape index (κ2) is 9.32. The van der Waals surface area contributed by atoms with Gasteiger partial charge in [0.05, 0.1) is 15.9 Å². The Kier molecular flexibility index (Phi) is 6.65. The van der Waals surface area contributed by atoms with Gasteiger partial charge in [0, 0.05) is 36.8 Å². The van der Waals surface area contributed by atoms with Gasteiger partial charge >= 0.3 is 5.63 Å². The fourth-order valence-corrected chi connectivity index (χ4v) is 6.52. The average molecular weight is 486 g/mol. The molecule has 2 heterocycles. The van der Waals surface area contributed by atoms with Crippen molar-refractivity contribution in [2.75, 3.05) is 13.1 Å². The van der Waals surface area contributed by atoms with Gasteiger partial charge in [0.25, 0.3) is 0 Å². The summed E-state index contributed by atoms with van der Waals surface area (Å²) in [5, 5.41) is 1.68. The topological polar surface area (TPSA) is 85.4 Å². The molecule has 0 atom stereocenters. The first kappa shape index (κ1) is 23.5. The first-order chi connectivity index (χ1) is 15.8. The summed E-state index contributed by atoms with van der Waals surface area (Å²) in [4.78, 5) is 17.1. The molecule has 0 spiro atoms. The quantitative estimate of drug-likeness (QED) is 0.263. The van der Waals surface area contributed by atoms with Crippen LogP contribution in [0.15, 0.2) is 61.7 Å². The van der Waals surface area contributed by atoms with Crippen LogP contribution < -0.4 is 5.63 Å². The van der Waals surface area contributed by atoms with Gasteiger partial charge in [-0.1, -0.05) is 37.7 Å². The van der Waals surface area contributed by atoms with Crippen LogP contribution in [0.2, 0.25) is 0 Å². The van der Waals surface area contributed by atoms with Gasteiger partial charge in [0.2, 0.25) is 10.0 Å². The molecule has 0 N–H and O–H groups in total. The van der Waals surface area contributed by atoms with Gasteiger partial charge in [-0.2, -0.15) is 4.31 Å². The van der Waals surface area contributed by atoms with E-state index in [2.05, 4.69) is 4.57 Å². The number of sulfonamides is 1. The van der Waals surface area contributed by atoms with Gasteiger partial charge in [0.15, 0.2) is 5.16 Å². The maximum Gasteiger partial charge on any atom is 0.336 e. The molecule has 174 valence electrons. The van der Waals surface area contributed by atoms with Crippen molar-refractivity contribution in [1.82, 2.24) is 13.9 Å². The minimum absolute atomic E-state index is 0.248. The third kappa shape index (κ3) is 4.45. The van der Waals surface area contributed by atoms with E-state index in [0.717, 1.165) is 27.2 Å². The molecule has 0 saturated carbocycles. The van der Waals surface area contributed by atoms with Crippen molar-refractivity contribution in [2.24, 2.45) is 0 Å². The van der Waals surface area contributed by atoms with Crippen molar-refractivity contribution in [3.63, 3.8) is 0 Å². The minimum Gasteiger partial charge on any atom is -0.423 e. The number of hydrogen-bond acceptors (Lipinski definition) is 6. The second-order valence-electron chi connectivity index (χ2n) is 7.76. The maximum absolute atomic E-state index is 12.9. The Hall–Kier alpha value is -2.62. The summed E-state index contributed by atoms with van der Waals surface area (Å²) >= 11 is 1.52. The van der Waals surface area contributed by atoms with Gasteiger partial charge in [0.1, 0.15) is 5.58 Å². The van der Waals surface area contributed by atoms with Crippen LogP contribution in [-0.2, 0) is 22.3 Å². The van der Waals surface area contributed by atoms with Crippen molar-refractivity contribution in [2.45, 2.75) is 50.0 Å². The number of benzene rings is 2. The molecule has 0 unspecified atom stereocenters. The Balaban J connectivity index is 1.71. The molecule has 0 bridgehead atoms. The van der Waals surface area contributed by atoms with E-state index in [1.807, 2.05) is 52.0 Å². The number of aromatic nitrogens is 2. The lowest BCUT2D eigenvalue weighted by atomic mass is 10.1. The van der Waals surface area contributed by atoms with E-state index >= 15 is 0 Å². The van der Waals surface area contributed by atoms with Crippen LogP contribution in [0.1, 0.15) is 31.9 Å². The molecule has 0 saturated heterocycles. The normalized spacial score (nSPS) is 12.3. The number of hydrogen-bond donors (Lipinski definition) is 0. The molecule has 0 fully saturated rings. The lowest BCUT2D eigenvalue weighted by Gasteiger charge is -2.18. The summed E-state index contributed by atoms with van der Waals surface area (Å²) in [5.41, 5.74) is 3.63. The standard InChI is InChI=1S/C24H27N3O4S2/c1-5-26(6-2)33(29,30)18-9-11-21-20(14-18)25-24(27(21)7-3)32-15-17-13-23(28)31-22-12-16(4)8-10-19(17)22/h8-14H,5-7,15H2,1-4H3. The molecular formula is C24H27N3O4S2. The Morgan fingerprint density at radius 1 is 1.06 bits per heavy atom. The highest BCUT2D eigenvalue weighted by Crippen LogP contribution is 2.30. The molecule has 0 aliphatic heterocycles. The zero-order valence-electron chi connectivity index (χ0n) is 19.2. The molecule has 4 aromatic rings. The molecule has 0 radical (unpaired) electrons. The van der Waals surface area contributed by atoms with Crippen LogP contribution in [0.4, 0.5) is 0 Å². The molecule has 33 heavy (non-hydrogen) atoms. The molecule has 0 amide bonds. The third-order valence-electron chi connectivity index (χ3n) is 5.69. The van der Waals surface area contributed by atoms with Gasteiger partial charge < -0.3 is 8.98 Å². The monoisotopic (exact) mass is 485 g/mol. The van der Waals surface area contributed by atoms with Crippen molar-refractivity contribution in [3.05, 3.63) is 64.0 Å². The smallest absolute Gasteiger partial charge is 0.336 e. The number of nitrogens with zero attached hydrogens (tertiary/aromatic N) is 3. The van der Waals surface area contributed by atoms with E-state index in [0.29, 0.717) is 36.5 Å². The van der Waals surface area contributed by atoms with Gasteiger partial charge in [-0.15, -0.1) is 0 Å². The van der Waals surface area contributed by atoms with Crippen LogP contribution in [0.25, 0.3) is 22.0 Å². The third-order valence-corrected chi connectivity index (χ3v) is 8.76. The minimum atomic E-state index is -3.56. The van der Waals surface area contributed by atoms with E-state index in [9.17, 15) is 13.2 Å². The molecule has 4 rings (SSSR count). The van der Waals surface area contributed by atoms with Crippen molar-refractivity contribution >= 4 is 43.8 Å². The summed E-state index contributed by atoms with van der Waals surface area (Å²) in [5.74, 6) is 0.541. The van der Waals surface area contributed by atoms with E-state index in [1.54, 1.807) is 12.1 Å². The lowest BCUT2D eigenvalue weighted by Crippen LogP contribution is -2.30. The lowest BCUT2D eigenvalue weighted by molar-refractivity contribution is 0.445. The van der Waals surface area contributed by atoms with Gasteiger partial charge in [-0.05, 0) is 49.2 Å². The Morgan fingerprint density at radius 2 is 1.82 bits per heavy atom. The van der Waals surface area contributed by atoms with E-state index in [1.165, 1.54) is 22.1 Å². The summed E-state index contributed by atoms with van der Waals surface area (Å²) in [6.45, 7) is 9.17. The largest absolute Gasteiger partial charge is 0.423 e. The summed E-state index contributed by atoms with van der Waals surface area (Å²) in [7, 11) is -3.56. The van der Waals surface area contributed by atoms with Crippen LogP contribution in [0.3, 0.4) is 0 Å². The fraction of sp³-hybridized carbons (Fsp3) is 0.333. The highest BCUT2D eigenvalue weighted by molar-refractivity contribution is 7.98. The van der Waals surface area contributed by atoms with Crippen molar-refractivity contribution in [3.8, 4) is 0 Å². The Morgan fingerprint density at radius 3 is 2.52 bits per heavy atom. The molecule has 0 aliphatic carbocycles. The average Bonchev–Trinajstić information content (AvgIpc) is 3.14. The van der Waals surface area contributed by atoms with Crippen LogP contribution in [-0.4, -0.2) is 35.4 Å². The maximum atomic E-state index is 12.9. The SMILES string of the molecule is CCN(CC)S(=O)(=O)c1ccc2c(c1)nc(SCc1cc(=O)oc3cc(C)ccc13)n2CC. The van der Waals surface area contributed by atoms with Crippen molar-refractivity contribution in [1.29, 1.82) is 0 Å². The predicted octanol–water partition coefficient (Wildman–Crippen LogP) is 4.79. The summed E-state index contributed by atoms with van der Waals surface area (Å²) in [6, 6.07) is 12.5. The Bertz CT molecular complexity index is 1490. The molecule has 9 heteroatoms. The molecule has 7 nitrogen and oxygen atoms in total. The molecule has 2 aromatic heterocycles. The number of rotatable bonds is 8. The first-order valence-corrected chi connectivity index (χ1v) is 13.4. The van der Waals surface area contributed by atoms with E-state index < -0.39 is 10.0 Å². The zero-order chi connectivity index (χ0) is 23.8. The first-order valence-electron chi connectivity index (χ1n) is 10.9. The molecule has 0 aliphatic rings. The Labute approximate surface area is 197 Å². The number of fused-ring (bicyclic) bond motifs is 2. The fourth-order valence-electron chi connectivity index (χ4n) is 3.98. The highest BCUT2D eigenvalue weighted by Gasteiger charge is 2.23. The van der Waals surface area contributed by atoms with Crippen LogP contribution in [0.5, 0.6) is 0 Å². The second-order valence-corrected chi connectivity index (χ2v) is 10.6. The zero-order valence-corrected chi connectivity index (χ0v) is 20.8. The van der Waals surface area contributed by atoms with Crippen molar-refractivity contribution < 1.29 is 12.8 Å². The number of thioether (sulfide) groups is 1. The predicted molar refractivity (Wildman–Crippen MR) is 132 cm³/mol. The van der Waals surface area contributed by atoms with Gasteiger partial charge in [-0.25, -0.2) is 18.2 Å².